The summed E-state index contributed by atoms with van der Waals surface area (Å²) in [6.45, 7) is 4.16. The van der Waals surface area contributed by atoms with Crippen LogP contribution in [0.5, 0.6) is 0 Å². The second-order valence-corrected chi connectivity index (χ2v) is 2.50. The van der Waals surface area contributed by atoms with Crippen LogP contribution in [0.25, 0.3) is 0 Å². The van der Waals surface area contributed by atoms with Crippen molar-refractivity contribution in [2.24, 2.45) is 5.92 Å². The van der Waals surface area contributed by atoms with E-state index >= 15 is 0 Å². The van der Waals surface area contributed by atoms with E-state index in [9.17, 15) is 5.11 Å². The summed E-state index contributed by atoms with van der Waals surface area (Å²) in [5.74, 6) is 0.273. The van der Waals surface area contributed by atoms with Crippen molar-refractivity contribution in [2.75, 3.05) is 13.3 Å². The topological polar surface area (TPSA) is 54.6 Å². The molecular weight excluding hydrogens is 130 g/mol. The molecule has 0 aliphatic carbocycles. The van der Waals surface area contributed by atoms with Crippen molar-refractivity contribution in [2.45, 2.75) is 26.4 Å². The average molecular weight is 146 g/mol. The highest BCUT2D eigenvalue weighted by Gasteiger charge is 2.10. The van der Waals surface area contributed by atoms with Crippen molar-refractivity contribution in [3.05, 3.63) is 0 Å². The molecule has 0 saturated carbocycles. The minimum atomic E-state index is -0.392. The van der Waals surface area contributed by atoms with Gasteiger partial charge in [-0.3, -0.25) is 0 Å². The van der Waals surface area contributed by atoms with E-state index in [0.717, 1.165) is 6.42 Å². The highest BCUT2D eigenvalue weighted by atomic mass is 16.3. The molecule has 0 amide bonds. The van der Waals surface area contributed by atoms with Gasteiger partial charge in [-0.2, -0.15) is 0 Å². The summed E-state index contributed by atoms with van der Waals surface area (Å²) < 4.78 is 0. The Kier molecular flexibility index (Phi) is 5.58. The molecule has 2 atom stereocenters. The first kappa shape index (κ1) is 9.88. The first-order chi connectivity index (χ1) is 4.72. The van der Waals surface area contributed by atoms with Gasteiger partial charge in [-0.25, -0.2) is 5.32 Å². The van der Waals surface area contributed by atoms with Gasteiger partial charge in [-0.05, 0) is 5.92 Å². The largest absolute Gasteiger partial charge is 0.391 e. The summed E-state index contributed by atoms with van der Waals surface area (Å²) in [6.07, 6.45) is 0.555. The number of hydrogen-bond acceptors (Lipinski definition) is 2. The molecule has 10 heavy (non-hydrogen) atoms. The van der Waals surface area contributed by atoms with Gasteiger partial charge >= 0.3 is 0 Å². The maximum atomic E-state index is 9.24. The summed E-state index contributed by atoms with van der Waals surface area (Å²) in [6, 6.07) is 0. The molecule has 1 radical (unpaired) electrons. The van der Waals surface area contributed by atoms with Gasteiger partial charge in [0.25, 0.3) is 0 Å². The molecule has 61 valence electrons. The van der Waals surface area contributed by atoms with Crippen molar-refractivity contribution < 1.29 is 10.2 Å². The Morgan fingerprint density at radius 1 is 1.50 bits per heavy atom. The Bertz CT molecular complexity index is 78.0. The molecule has 0 saturated heterocycles. The Hall–Kier alpha value is -0.120. The van der Waals surface area contributed by atoms with Crippen LogP contribution in [0.1, 0.15) is 20.3 Å². The third-order valence-electron chi connectivity index (χ3n) is 1.72. The van der Waals surface area contributed by atoms with Crippen molar-refractivity contribution in [3.8, 4) is 0 Å². The van der Waals surface area contributed by atoms with E-state index in [4.69, 9.17) is 5.11 Å². The highest BCUT2D eigenvalue weighted by molar-refractivity contribution is 4.63. The fourth-order valence-electron chi connectivity index (χ4n) is 0.642. The summed E-state index contributed by atoms with van der Waals surface area (Å²) >= 11 is 0. The van der Waals surface area contributed by atoms with Crippen LogP contribution in [0.3, 0.4) is 0 Å². The minimum Gasteiger partial charge on any atom is -0.391 e. The molecule has 2 unspecified atom stereocenters. The van der Waals surface area contributed by atoms with Crippen LogP contribution < -0.4 is 5.32 Å². The number of nitrogens with zero attached hydrogens (tertiary/aromatic N) is 1. The predicted octanol–water partition coefficient (Wildman–Crippen LogP) is -0.0524. The van der Waals surface area contributed by atoms with Crippen LogP contribution in [-0.4, -0.2) is 29.6 Å². The maximum Gasteiger partial charge on any atom is 0.109 e. The zero-order valence-corrected chi connectivity index (χ0v) is 6.62. The molecule has 3 heteroatoms. The Morgan fingerprint density at radius 3 is 2.50 bits per heavy atom. The van der Waals surface area contributed by atoms with Gasteiger partial charge in [0.2, 0.25) is 0 Å². The Labute approximate surface area is 62.1 Å². The molecule has 0 fully saturated rings. The normalized spacial score (nSPS) is 16.8. The molecule has 2 N–H and O–H groups in total. The Balaban J connectivity index is 3.31. The lowest BCUT2D eigenvalue weighted by molar-refractivity contribution is 0.101. The van der Waals surface area contributed by atoms with E-state index < -0.39 is 6.10 Å². The minimum absolute atomic E-state index is 0.187. The standard InChI is InChI=1S/C7H16NO2/c1-3-6(2)7(10)4-8-5-9/h6-7,9-10H,3-5H2,1-2H3. The van der Waals surface area contributed by atoms with Gasteiger partial charge in [0.1, 0.15) is 6.73 Å². The molecule has 0 aromatic rings. The molecule has 0 bridgehead atoms. The number of hydrogen-bond donors (Lipinski definition) is 2. The van der Waals surface area contributed by atoms with Crippen molar-refractivity contribution in [1.29, 1.82) is 0 Å². The zero-order valence-electron chi connectivity index (χ0n) is 6.62. The molecular formula is C7H16NO2. The molecule has 0 rings (SSSR count). The van der Waals surface area contributed by atoms with Gasteiger partial charge in [0.15, 0.2) is 0 Å². The second-order valence-electron chi connectivity index (χ2n) is 2.50. The SMILES string of the molecule is CCC(C)C(O)C[N]CO. The molecule has 0 heterocycles. The lowest BCUT2D eigenvalue weighted by atomic mass is 10.0. The van der Waals surface area contributed by atoms with E-state index in [2.05, 4.69) is 5.32 Å². The van der Waals surface area contributed by atoms with Crippen LogP contribution in [-0.2, 0) is 0 Å². The Morgan fingerprint density at radius 2 is 2.10 bits per heavy atom. The van der Waals surface area contributed by atoms with Crippen LogP contribution in [0.2, 0.25) is 0 Å². The van der Waals surface area contributed by atoms with Gasteiger partial charge in [0, 0.05) is 6.54 Å². The summed E-state index contributed by atoms with van der Waals surface area (Å²) in [4.78, 5) is 0. The van der Waals surface area contributed by atoms with Crippen LogP contribution in [0, 0.1) is 5.92 Å². The summed E-state index contributed by atoms with van der Waals surface area (Å²) in [5, 5.41) is 21.2. The third kappa shape index (κ3) is 3.82. The van der Waals surface area contributed by atoms with Gasteiger partial charge in [-0.15, -0.1) is 0 Å². The van der Waals surface area contributed by atoms with E-state index in [1.807, 2.05) is 13.8 Å². The fraction of sp³-hybridized carbons (Fsp3) is 1.00. The highest BCUT2D eigenvalue weighted by Crippen LogP contribution is 2.05. The van der Waals surface area contributed by atoms with E-state index in [1.165, 1.54) is 0 Å². The van der Waals surface area contributed by atoms with Crippen molar-refractivity contribution >= 4 is 0 Å². The van der Waals surface area contributed by atoms with Gasteiger partial charge in [-0.1, -0.05) is 20.3 Å². The molecule has 0 aliphatic rings. The molecule has 3 nitrogen and oxygen atoms in total. The van der Waals surface area contributed by atoms with E-state index in [0.29, 0.717) is 6.54 Å². The fourth-order valence-corrected chi connectivity index (χ4v) is 0.642. The summed E-state index contributed by atoms with van der Waals surface area (Å²) in [7, 11) is 0. The summed E-state index contributed by atoms with van der Waals surface area (Å²) in [5.41, 5.74) is 0. The quantitative estimate of drug-likeness (QED) is 0.571. The lowest BCUT2D eigenvalue weighted by Gasteiger charge is -2.15. The lowest BCUT2D eigenvalue weighted by Crippen LogP contribution is -2.27. The molecule has 0 aromatic carbocycles. The van der Waals surface area contributed by atoms with Crippen molar-refractivity contribution in [1.82, 2.24) is 5.32 Å². The first-order valence-electron chi connectivity index (χ1n) is 3.64. The van der Waals surface area contributed by atoms with Crippen LogP contribution in [0.15, 0.2) is 0 Å². The predicted molar refractivity (Wildman–Crippen MR) is 39.5 cm³/mol. The van der Waals surface area contributed by atoms with Gasteiger partial charge < -0.3 is 10.2 Å². The van der Waals surface area contributed by atoms with E-state index in [-0.39, 0.29) is 12.6 Å². The molecule has 0 spiro atoms. The average Bonchev–Trinajstić information content (AvgIpc) is 1.98. The zero-order chi connectivity index (χ0) is 7.98. The number of aliphatic hydroxyl groups is 2. The van der Waals surface area contributed by atoms with Crippen LogP contribution >= 0.6 is 0 Å². The maximum absolute atomic E-state index is 9.24. The smallest absolute Gasteiger partial charge is 0.109 e. The third-order valence-corrected chi connectivity index (χ3v) is 1.72. The molecule has 0 aliphatic heterocycles. The first-order valence-corrected chi connectivity index (χ1v) is 3.64. The molecule has 0 aromatic heterocycles. The van der Waals surface area contributed by atoms with Crippen LogP contribution in [0.4, 0.5) is 0 Å². The van der Waals surface area contributed by atoms with E-state index in [1.54, 1.807) is 0 Å². The number of rotatable bonds is 5. The number of aliphatic hydroxyl groups excluding tert-OH is 2. The van der Waals surface area contributed by atoms with Gasteiger partial charge in [0.05, 0.1) is 6.10 Å². The second kappa shape index (κ2) is 5.65. The van der Waals surface area contributed by atoms with Crippen molar-refractivity contribution in [3.63, 3.8) is 0 Å². The monoisotopic (exact) mass is 146 g/mol.